The minimum Gasteiger partial charge on any atom is -0.462 e. The highest BCUT2D eigenvalue weighted by Crippen LogP contribution is 2.27. The summed E-state index contributed by atoms with van der Waals surface area (Å²) < 4.78 is 31.6. The minimum atomic E-state index is -3.48. The lowest BCUT2D eigenvalue weighted by Gasteiger charge is -2.29. The van der Waals surface area contributed by atoms with Gasteiger partial charge in [0.2, 0.25) is 10.0 Å². The first-order chi connectivity index (χ1) is 8.45. The zero-order valence-electron chi connectivity index (χ0n) is 10.7. The predicted octanol–water partition coefficient (Wildman–Crippen LogP) is 1.50. The van der Waals surface area contributed by atoms with Crippen molar-refractivity contribution in [3.8, 4) is 0 Å². The van der Waals surface area contributed by atoms with E-state index in [1.54, 1.807) is 6.92 Å². The molecule has 102 valence electrons. The Labute approximate surface area is 107 Å². The summed E-state index contributed by atoms with van der Waals surface area (Å²) in [7, 11) is -3.48. The van der Waals surface area contributed by atoms with Crippen LogP contribution >= 0.6 is 0 Å². The van der Waals surface area contributed by atoms with E-state index in [-0.39, 0.29) is 17.3 Å². The van der Waals surface area contributed by atoms with Crippen LogP contribution in [0.3, 0.4) is 0 Å². The van der Waals surface area contributed by atoms with Gasteiger partial charge in [0.25, 0.3) is 0 Å². The molecule has 1 aliphatic heterocycles. The van der Waals surface area contributed by atoms with Crippen LogP contribution in [0.15, 0.2) is 15.4 Å². The predicted molar refractivity (Wildman–Crippen MR) is 66.5 cm³/mol. The summed E-state index contributed by atoms with van der Waals surface area (Å²) in [4.78, 5) is 0.182. The van der Waals surface area contributed by atoms with Crippen LogP contribution in [-0.2, 0) is 16.6 Å². The van der Waals surface area contributed by atoms with Gasteiger partial charge in [-0.15, -0.1) is 0 Å². The average Bonchev–Trinajstić information content (AvgIpc) is 2.72. The van der Waals surface area contributed by atoms with Crippen LogP contribution in [-0.4, -0.2) is 30.9 Å². The Balaban J connectivity index is 2.27. The van der Waals surface area contributed by atoms with E-state index in [1.807, 2.05) is 0 Å². The van der Waals surface area contributed by atoms with Crippen molar-refractivity contribution in [2.45, 2.75) is 38.2 Å². The van der Waals surface area contributed by atoms with Gasteiger partial charge in [0.05, 0.1) is 0 Å². The summed E-state index contributed by atoms with van der Waals surface area (Å²) in [5, 5.41) is 8.98. The lowest BCUT2D eigenvalue weighted by molar-refractivity contribution is 0.244. The van der Waals surface area contributed by atoms with Gasteiger partial charge in [0.1, 0.15) is 23.0 Å². The van der Waals surface area contributed by atoms with E-state index in [0.29, 0.717) is 24.8 Å². The standard InChI is InChI=1S/C12H19NO4S/c1-9-3-5-13(6-4-9)18(15,16)12-7-11(8-14)17-10(12)2/h7,9,14H,3-6,8H2,1-2H3. The Hall–Kier alpha value is -0.850. The van der Waals surface area contributed by atoms with Crippen LogP contribution in [0.25, 0.3) is 0 Å². The molecule has 0 unspecified atom stereocenters. The number of hydrogen-bond donors (Lipinski definition) is 1. The smallest absolute Gasteiger partial charge is 0.246 e. The van der Waals surface area contributed by atoms with Crippen molar-refractivity contribution >= 4 is 10.0 Å². The highest BCUT2D eigenvalue weighted by Gasteiger charge is 2.31. The third kappa shape index (κ3) is 2.46. The number of furan rings is 1. The summed E-state index contributed by atoms with van der Waals surface area (Å²) in [5.74, 6) is 1.21. The quantitative estimate of drug-likeness (QED) is 0.906. The molecular formula is C12H19NO4S. The van der Waals surface area contributed by atoms with Gasteiger partial charge in [-0.2, -0.15) is 4.31 Å². The fourth-order valence-corrected chi connectivity index (χ4v) is 3.88. The number of aryl methyl sites for hydroxylation is 1. The topological polar surface area (TPSA) is 70.8 Å². The van der Waals surface area contributed by atoms with Crippen molar-refractivity contribution in [3.05, 3.63) is 17.6 Å². The molecule has 0 radical (unpaired) electrons. The minimum absolute atomic E-state index is 0.182. The first-order valence-corrected chi connectivity index (χ1v) is 7.59. The van der Waals surface area contributed by atoms with Gasteiger partial charge < -0.3 is 9.52 Å². The number of aliphatic hydroxyl groups excluding tert-OH is 1. The molecule has 0 aliphatic carbocycles. The highest BCUT2D eigenvalue weighted by atomic mass is 32.2. The molecule has 6 heteroatoms. The van der Waals surface area contributed by atoms with Crippen molar-refractivity contribution in [1.82, 2.24) is 4.31 Å². The Bertz CT molecular complexity index is 512. The van der Waals surface area contributed by atoms with Crippen molar-refractivity contribution in [3.63, 3.8) is 0 Å². The third-order valence-corrected chi connectivity index (χ3v) is 5.45. The van der Waals surface area contributed by atoms with E-state index in [9.17, 15) is 8.42 Å². The Kier molecular flexibility index (Phi) is 3.79. The van der Waals surface area contributed by atoms with Crippen molar-refractivity contribution in [1.29, 1.82) is 0 Å². The summed E-state index contributed by atoms with van der Waals surface area (Å²) >= 11 is 0. The molecule has 0 bridgehead atoms. The normalized spacial score (nSPS) is 19.3. The second-order valence-electron chi connectivity index (χ2n) is 4.88. The molecule has 0 atom stereocenters. The fourth-order valence-electron chi connectivity index (χ4n) is 2.22. The maximum atomic E-state index is 12.4. The summed E-state index contributed by atoms with van der Waals surface area (Å²) in [6.45, 7) is 4.58. The highest BCUT2D eigenvalue weighted by molar-refractivity contribution is 7.89. The Morgan fingerprint density at radius 3 is 2.56 bits per heavy atom. The largest absolute Gasteiger partial charge is 0.462 e. The number of hydrogen-bond acceptors (Lipinski definition) is 4. The molecule has 1 aromatic heterocycles. The number of rotatable bonds is 3. The van der Waals surface area contributed by atoms with E-state index in [2.05, 4.69) is 6.92 Å². The van der Waals surface area contributed by atoms with Gasteiger partial charge in [0, 0.05) is 19.2 Å². The van der Waals surface area contributed by atoms with Gasteiger partial charge in [0.15, 0.2) is 0 Å². The van der Waals surface area contributed by atoms with E-state index in [1.165, 1.54) is 10.4 Å². The van der Waals surface area contributed by atoms with Gasteiger partial charge in [-0.25, -0.2) is 8.42 Å². The Morgan fingerprint density at radius 2 is 2.06 bits per heavy atom. The molecule has 1 saturated heterocycles. The summed E-state index contributed by atoms with van der Waals surface area (Å²) in [5.41, 5.74) is 0. The van der Waals surface area contributed by atoms with E-state index >= 15 is 0 Å². The molecule has 0 saturated carbocycles. The molecule has 1 aromatic rings. The van der Waals surface area contributed by atoms with E-state index < -0.39 is 10.0 Å². The fraction of sp³-hybridized carbons (Fsp3) is 0.667. The van der Waals surface area contributed by atoms with Gasteiger partial charge in [-0.3, -0.25) is 0 Å². The molecule has 5 nitrogen and oxygen atoms in total. The van der Waals surface area contributed by atoms with Crippen LogP contribution in [0.4, 0.5) is 0 Å². The zero-order valence-corrected chi connectivity index (χ0v) is 11.5. The second-order valence-corrected chi connectivity index (χ2v) is 6.78. The van der Waals surface area contributed by atoms with Gasteiger partial charge >= 0.3 is 0 Å². The van der Waals surface area contributed by atoms with Crippen molar-refractivity contribution < 1.29 is 17.9 Å². The van der Waals surface area contributed by atoms with E-state index in [4.69, 9.17) is 9.52 Å². The third-order valence-electron chi connectivity index (χ3n) is 3.44. The Morgan fingerprint density at radius 1 is 1.44 bits per heavy atom. The lowest BCUT2D eigenvalue weighted by atomic mass is 10.0. The molecule has 1 aliphatic rings. The molecule has 0 aromatic carbocycles. The maximum Gasteiger partial charge on any atom is 0.246 e. The van der Waals surface area contributed by atoms with E-state index in [0.717, 1.165) is 12.8 Å². The second kappa shape index (κ2) is 5.03. The average molecular weight is 273 g/mol. The van der Waals surface area contributed by atoms with Gasteiger partial charge in [-0.05, 0) is 25.7 Å². The zero-order chi connectivity index (χ0) is 13.3. The summed E-state index contributed by atoms with van der Waals surface area (Å²) in [6, 6.07) is 1.42. The molecule has 18 heavy (non-hydrogen) atoms. The number of sulfonamides is 1. The van der Waals surface area contributed by atoms with Crippen LogP contribution in [0.1, 0.15) is 31.3 Å². The maximum absolute atomic E-state index is 12.4. The number of nitrogens with zero attached hydrogens (tertiary/aromatic N) is 1. The summed E-state index contributed by atoms with van der Waals surface area (Å²) in [6.07, 6.45) is 1.78. The molecule has 2 heterocycles. The van der Waals surface area contributed by atoms with Crippen LogP contribution in [0.2, 0.25) is 0 Å². The monoisotopic (exact) mass is 273 g/mol. The number of piperidine rings is 1. The lowest BCUT2D eigenvalue weighted by Crippen LogP contribution is -2.37. The van der Waals surface area contributed by atoms with Crippen molar-refractivity contribution in [2.75, 3.05) is 13.1 Å². The first-order valence-electron chi connectivity index (χ1n) is 6.15. The SMILES string of the molecule is Cc1oc(CO)cc1S(=O)(=O)N1CCC(C)CC1. The number of aliphatic hydroxyl groups is 1. The first kappa shape index (κ1) is 13.6. The molecule has 1 fully saturated rings. The molecule has 1 N–H and O–H groups in total. The van der Waals surface area contributed by atoms with Crippen LogP contribution in [0.5, 0.6) is 0 Å². The van der Waals surface area contributed by atoms with Gasteiger partial charge in [-0.1, -0.05) is 6.92 Å². The molecule has 0 spiro atoms. The molecular weight excluding hydrogens is 254 g/mol. The van der Waals surface area contributed by atoms with Crippen LogP contribution in [0, 0.1) is 12.8 Å². The van der Waals surface area contributed by atoms with Crippen LogP contribution < -0.4 is 0 Å². The molecule has 2 rings (SSSR count). The van der Waals surface area contributed by atoms with Crippen molar-refractivity contribution in [2.24, 2.45) is 5.92 Å². The molecule has 0 amide bonds.